The Hall–Kier alpha value is -2.32. The molecule has 0 amide bonds. The van der Waals surface area contributed by atoms with Gasteiger partial charge in [0, 0.05) is 28.8 Å². The van der Waals surface area contributed by atoms with Gasteiger partial charge in [0.25, 0.3) is 0 Å². The van der Waals surface area contributed by atoms with Crippen LogP contribution in [0.2, 0.25) is 0 Å². The van der Waals surface area contributed by atoms with Crippen LogP contribution in [0.25, 0.3) is 0 Å². The summed E-state index contributed by atoms with van der Waals surface area (Å²) in [4.78, 5) is 13.0. The molecule has 0 bridgehead atoms. The number of thiophene rings is 1. The van der Waals surface area contributed by atoms with Crippen molar-refractivity contribution in [3.8, 4) is 11.5 Å². The zero-order chi connectivity index (χ0) is 18.4. The quantitative estimate of drug-likeness (QED) is 0.581. The number of carbonyl (C=O) groups is 1. The second-order valence-electron chi connectivity index (χ2n) is 4.98. The minimum absolute atomic E-state index is 0.352. The Labute approximate surface area is 156 Å². The summed E-state index contributed by atoms with van der Waals surface area (Å²) in [6, 6.07) is 7.17. The summed E-state index contributed by atoms with van der Waals surface area (Å²) >= 11 is 6.82. The molecule has 1 heterocycles. The zero-order valence-corrected chi connectivity index (χ0v) is 16.1. The molecule has 0 fully saturated rings. The number of benzene rings is 1. The normalized spacial score (nSPS) is 10.1. The molecule has 0 aliphatic rings. The molecule has 134 valence electrons. The van der Waals surface area contributed by atoms with Gasteiger partial charge in [0.1, 0.15) is 16.5 Å². The van der Waals surface area contributed by atoms with Crippen molar-refractivity contribution in [3.63, 3.8) is 0 Å². The van der Waals surface area contributed by atoms with Crippen LogP contribution in [0.4, 0.5) is 10.7 Å². The van der Waals surface area contributed by atoms with Crippen LogP contribution in [0.3, 0.4) is 0 Å². The molecule has 25 heavy (non-hydrogen) atoms. The van der Waals surface area contributed by atoms with Gasteiger partial charge in [0.2, 0.25) is 0 Å². The Morgan fingerprint density at radius 2 is 1.72 bits per heavy atom. The number of carbonyl (C=O) groups excluding carboxylic acids is 1. The van der Waals surface area contributed by atoms with Crippen molar-refractivity contribution in [2.24, 2.45) is 0 Å². The monoisotopic (exact) mass is 380 g/mol. The maximum Gasteiger partial charge on any atom is 0.340 e. The number of nitrogens with one attached hydrogen (secondary N) is 2. The summed E-state index contributed by atoms with van der Waals surface area (Å²) in [5.74, 6) is 0.887. The first kappa shape index (κ1) is 19.0. The summed E-state index contributed by atoms with van der Waals surface area (Å²) < 4.78 is 15.3. The lowest BCUT2D eigenvalue weighted by atomic mass is 10.2. The molecule has 0 aliphatic carbocycles. The molecular weight excluding hydrogens is 360 g/mol. The number of thiocarbonyl (C=S) groups is 1. The van der Waals surface area contributed by atoms with Crippen LogP contribution in [0.5, 0.6) is 11.5 Å². The summed E-state index contributed by atoms with van der Waals surface area (Å²) in [7, 11) is 4.51. The molecule has 2 rings (SSSR count). The molecular formula is C17H20N2O4S2. The van der Waals surface area contributed by atoms with Crippen molar-refractivity contribution in [2.45, 2.75) is 13.3 Å². The number of esters is 1. The molecule has 1 aromatic heterocycles. The van der Waals surface area contributed by atoms with Gasteiger partial charge in [-0.3, -0.25) is 0 Å². The minimum Gasteiger partial charge on any atom is -0.497 e. The van der Waals surface area contributed by atoms with E-state index in [9.17, 15) is 4.79 Å². The van der Waals surface area contributed by atoms with Gasteiger partial charge < -0.3 is 24.8 Å². The molecule has 0 saturated carbocycles. The minimum atomic E-state index is -0.399. The predicted octanol–water partition coefficient (Wildman–Crippen LogP) is 3.92. The third-order valence-electron chi connectivity index (χ3n) is 3.37. The lowest BCUT2D eigenvalue weighted by molar-refractivity contribution is 0.0602. The Morgan fingerprint density at radius 3 is 2.24 bits per heavy atom. The molecule has 0 spiro atoms. The molecule has 0 radical (unpaired) electrons. The predicted molar refractivity (Wildman–Crippen MR) is 104 cm³/mol. The van der Waals surface area contributed by atoms with E-state index in [1.165, 1.54) is 18.4 Å². The van der Waals surface area contributed by atoms with Crippen LogP contribution in [-0.2, 0) is 11.2 Å². The standard InChI is InChI=1S/C17H20N2O4S2/c1-5-13-9-14(16(20)23-4)15(25-13)19-17(24)18-10-6-11(21-2)8-12(7-10)22-3/h6-9H,5H2,1-4H3,(H2,18,19,24). The topological polar surface area (TPSA) is 68.8 Å². The van der Waals surface area contributed by atoms with Gasteiger partial charge in [0.05, 0.1) is 26.9 Å². The van der Waals surface area contributed by atoms with E-state index in [1.807, 2.05) is 13.0 Å². The second kappa shape index (κ2) is 8.68. The van der Waals surface area contributed by atoms with Crippen LogP contribution >= 0.6 is 23.6 Å². The van der Waals surface area contributed by atoms with Gasteiger partial charge in [0.15, 0.2) is 5.11 Å². The summed E-state index contributed by atoms with van der Waals surface area (Å²) in [5, 5.41) is 7.13. The van der Waals surface area contributed by atoms with Gasteiger partial charge >= 0.3 is 5.97 Å². The Balaban J connectivity index is 2.18. The largest absolute Gasteiger partial charge is 0.497 e. The molecule has 2 aromatic rings. The van der Waals surface area contributed by atoms with Crippen molar-refractivity contribution in [2.75, 3.05) is 32.0 Å². The van der Waals surface area contributed by atoms with Crippen LogP contribution in [0.15, 0.2) is 24.3 Å². The van der Waals surface area contributed by atoms with Crippen molar-refractivity contribution < 1.29 is 19.0 Å². The van der Waals surface area contributed by atoms with Gasteiger partial charge in [-0.1, -0.05) is 6.92 Å². The van der Waals surface area contributed by atoms with Crippen molar-refractivity contribution >= 4 is 45.3 Å². The first-order valence-electron chi connectivity index (χ1n) is 7.52. The van der Waals surface area contributed by atoms with E-state index in [1.54, 1.807) is 32.4 Å². The molecule has 1 aromatic carbocycles. The Kier molecular flexibility index (Phi) is 6.60. The van der Waals surface area contributed by atoms with Crippen LogP contribution in [0, 0.1) is 0 Å². The molecule has 0 aliphatic heterocycles. The maximum atomic E-state index is 11.9. The maximum absolute atomic E-state index is 11.9. The number of aryl methyl sites for hydroxylation is 1. The number of anilines is 2. The fourth-order valence-electron chi connectivity index (χ4n) is 2.12. The number of ether oxygens (including phenoxy) is 3. The van der Waals surface area contributed by atoms with E-state index in [-0.39, 0.29) is 0 Å². The SMILES string of the molecule is CCc1cc(C(=O)OC)c(NC(=S)Nc2cc(OC)cc(OC)c2)s1. The average Bonchev–Trinajstić information content (AvgIpc) is 3.03. The highest BCUT2D eigenvalue weighted by atomic mass is 32.1. The molecule has 0 saturated heterocycles. The van der Waals surface area contributed by atoms with Gasteiger partial charge in [-0.25, -0.2) is 4.79 Å². The molecule has 0 unspecified atom stereocenters. The lowest BCUT2D eigenvalue weighted by Gasteiger charge is -2.12. The summed E-state index contributed by atoms with van der Waals surface area (Å²) in [6.45, 7) is 2.02. The fraction of sp³-hybridized carbons (Fsp3) is 0.294. The highest BCUT2D eigenvalue weighted by molar-refractivity contribution is 7.80. The van der Waals surface area contributed by atoms with Crippen LogP contribution in [0.1, 0.15) is 22.2 Å². The molecule has 6 nitrogen and oxygen atoms in total. The van der Waals surface area contributed by atoms with E-state index in [0.29, 0.717) is 32.9 Å². The molecule has 8 heteroatoms. The Bertz CT molecular complexity index is 752. The number of hydrogen-bond acceptors (Lipinski definition) is 6. The first-order chi connectivity index (χ1) is 12.0. The third kappa shape index (κ3) is 4.83. The van der Waals surface area contributed by atoms with E-state index >= 15 is 0 Å². The highest BCUT2D eigenvalue weighted by Gasteiger charge is 2.17. The fourth-order valence-corrected chi connectivity index (χ4v) is 3.39. The van der Waals surface area contributed by atoms with Crippen molar-refractivity contribution in [3.05, 3.63) is 34.7 Å². The smallest absolute Gasteiger partial charge is 0.340 e. The summed E-state index contributed by atoms with van der Waals surface area (Å²) in [6.07, 6.45) is 0.823. The van der Waals surface area contributed by atoms with E-state index in [4.69, 9.17) is 26.4 Å². The van der Waals surface area contributed by atoms with E-state index < -0.39 is 5.97 Å². The Morgan fingerprint density at radius 1 is 1.08 bits per heavy atom. The lowest BCUT2D eigenvalue weighted by Crippen LogP contribution is -2.20. The molecule has 2 N–H and O–H groups in total. The third-order valence-corrected chi connectivity index (χ3v) is 4.77. The van der Waals surface area contributed by atoms with Crippen LogP contribution < -0.4 is 20.1 Å². The number of hydrogen-bond donors (Lipinski definition) is 2. The first-order valence-corrected chi connectivity index (χ1v) is 8.75. The van der Waals surface area contributed by atoms with Crippen molar-refractivity contribution in [1.29, 1.82) is 0 Å². The average molecular weight is 380 g/mol. The van der Waals surface area contributed by atoms with Gasteiger partial charge in [-0.15, -0.1) is 11.3 Å². The number of rotatable bonds is 6. The summed E-state index contributed by atoms with van der Waals surface area (Å²) in [5.41, 5.74) is 1.18. The van der Waals surface area contributed by atoms with E-state index in [0.717, 1.165) is 11.3 Å². The van der Waals surface area contributed by atoms with Gasteiger partial charge in [-0.05, 0) is 24.7 Å². The number of methoxy groups -OCH3 is 3. The zero-order valence-electron chi connectivity index (χ0n) is 14.5. The molecule has 0 atom stereocenters. The van der Waals surface area contributed by atoms with Gasteiger partial charge in [-0.2, -0.15) is 0 Å². The van der Waals surface area contributed by atoms with Crippen molar-refractivity contribution in [1.82, 2.24) is 0 Å². The van der Waals surface area contributed by atoms with E-state index in [2.05, 4.69) is 10.6 Å². The second-order valence-corrected chi connectivity index (χ2v) is 6.53. The highest BCUT2D eigenvalue weighted by Crippen LogP contribution is 2.30. The van der Waals surface area contributed by atoms with Crippen LogP contribution in [-0.4, -0.2) is 32.4 Å².